The highest BCUT2D eigenvalue weighted by Gasteiger charge is 2.24. The van der Waals surface area contributed by atoms with Gasteiger partial charge >= 0.3 is 0 Å². The van der Waals surface area contributed by atoms with E-state index in [2.05, 4.69) is 27.1 Å². The molecule has 9 heteroatoms. The standard InChI is InChI=1S/C24H13N7OS/c1-30-16-7-3-4-8-17(16)31-18-12-27-22(29-20(18)21(32)13(10-25)24(30)31)14(11-26)23-28-15-6-2-5-9-19(15)33-23/h2-9,12,14H,1H3. The molecule has 0 saturated heterocycles. The van der Waals surface area contributed by atoms with Gasteiger partial charge in [0.1, 0.15) is 27.8 Å². The number of aryl methyl sites for hydroxylation is 1. The summed E-state index contributed by atoms with van der Waals surface area (Å²) in [6.07, 6.45) is 1.55. The molecule has 0 saturated carbocycles. The van der Waals surface area contributed by atoms with Crippen LogP contribution in [0.15, 0.2) is 59.5 Å². The number of aromatic nitrogens is 5. The third kappa shape index (κ3) is 2.60. The third-order valence-electron chi connectivity index (χ3n) is 5.76. The Labute approximate surface area is 190 Å². The molecule has 0 amide bonds. The second-order valence-corrected chi connectivity index (χ2v) is 8.63. The van der Waals surface area contributed by atoms with E-state index in [-0.39, 0.29) is 16.9 Å². The zero-order valence-corrected chi connectivity index (χ0v) is 18.0. The Morgan fingerprint density at radius 3 is 2.52 bits per heavy atom. The molecule has 1 atom stereocenters. The Kier molecular flexibility index (Phi) is 4.03. The van der Waals surface area contributed by atoms with Gasteiger partial charge in [-0.3, -0.25) is 9.20 Å². The summed E-state index contributed by atoms with van der Waals surface area (Å²) in [5.74, 6) is -0.643. The van der Waals surface area contributed by atoms with Crippen LogP contribution >= 0.6 is 11.3 Å². The summed E-state index contributed by atoms with van der Waals surface area (Å²) in [7, 11) is 1.82. The number of thiazole rings is 1. The number of para-hydroxylation sites is 3. The molecule has 0 fully saturated rings. The smallest absolute Gasteiger partial charge is 0.227 e. The zero-order valence-electron chi connectivity index (χ0n) is 17.2. The number of benzene rings is 2. The van der Waals surface area contributed by atoms with Crippen LogP contribution in [0.25, 0.3) is 37.9 Å². The number of hydrogen-bond acceptors (Lipinski definition) is 7. The zero-order chi connectivity index (χ0) is 22.7. The van der Waals surface area contributed by atoms with Crippen LogP contribution in [0.1, 0.15) is 22.3 Å². The van der Waals surface area contributed by atoms with E-state index in [9.17, 15) is 15.3 Å². The fourth-order valence-electron chi connectivity index (χ4n) is 4.25. The fraction of sp³-hybridized carbons (Fsp3) is 0.0833. The van der Waals surface area contributed by atoms with Gasteiger partial charge in [-0.2, -0.15) is 10.5 Å². The molecule has 156 valence electrons. The largest absolute Gasteiger partial charge is 0.328 e. The van der Waals surface area contributed by atoms with Crippen LogP contribution in [0, 0.1) is 22.7 Å². The van der Waals surface area contributed by atoms with E-state index in [1.54, 1.807) is 6.20 Å². The molecule has 6 aromatic rings. The number of rotatable bonds is 2. The van der Waals surface area contributed by atoms with Gasteiger partial charge in [0.05, 0.1) is 39.0 Å². The van der Waals surface area contributed by atoms with Gasteiger partial charge < -0.3 is 4.57 Å². The maximum atomic E-state index is 13.3. The first kappa shape index (κ1) is 19.1. The van der Waals surface area contributed by atoms with E-state index < -0.39 is 11.3 Å². The molecule has 33 heavy (non-hydrogen) atoms. The van der Waals surface area contributed by atoms with Gasteiger partial charge in [-0.05, 0) is 24.3 Å². The predicted octanol–water partition coefficient (Wildman–Crippen LogP) is 3.87. The Hall–Kier alpha value is -4.60. The predicted molar refractivity (Wildman–Crippen MR) is 125 cm³/mol. The summed E-state index contributed by atoms with van der Waals surface area (Å²) >= 11 is 1.40. The summed E-state index contributed by atoms with van der Waals surface area (Å²) in [6.45, 7) is 0. The molecule has 4 aromatic heterocycles. The molecule has 2 aromatic carbocycles. The molecule has 0 N–H and O–H groups in total. The highest BCUT2D eigenvalue weighted by Crippen LogP contribution is 2.31. The normalized spacial score (nSPS) is 12.3. The lowest BCUT2D eigenvalue weighted by molar-refractivity contribution is 0.893. The maximum Gasteiger partial charge on any atom is 0.227 e. The molecule has 0 spiro atoms. The van der Waals surface area contributed by atoms with Crippen LogP contribution in [-0.2, 0) is 7.05 Å². The molecule has 0 aliphatic heterocycles. The van der Waals surface area contributed by atoms with Gasteiger partial charge in [0.15, 0.2) is 11.7 Å². The van der Waals surface area contributed by atoms with Crippen LogP contribution in [0.3, 0.4) is 0 Å². The number of pyridine rings is 1. The first-order valence-corrected chi connectivity index (χ1v) is 10.9. The highest BCUT2D eigenvalue weighted by atomic mass is 32.1. The van der Waals surface area contributed by atoms with E-state index in [4.69, 9.17) is 0 Å². The Morgan fingerprint density at radius 1 is 1.00 bits per heavy atom. The number of imidazole rings is 1. The van der Waals surface area contributed by atoms with Crippen molar-refractivity contribution in [2.45, 2.75) is 5.92 Å². The van der Waals surface area contributed by atoms with E-state index >= 15 is 0 Å². The first-order chi connectivity index (χ1) is 16.1. The molecule has 1 unspecified atom stereocenters. The lowest BCUT2D eigenvalue weighted by Crippen LogP contribution is -2.16. The maximum absolute atomic E-state index is 13.3. The van der Waals surface area contributed by atoms with Crippen LogP contribution < -0.4 is 5.43 Å². The van der Waals surface area contributed by atoms with Gasteiger partial charge in [-0.1, -0.05) is 24.3 Å². The van der Waals surface area contributed by atoms with Crippen molar-refractivity contribution in [3.63, 3.8) is 0 Å². The molecule has 0 aliphatic carbocycles. The Balaban J connectivity index is 1.67. The summed E-state index contributed by atoms with van der Waals surface area (Å²) in [4.78, 5) is 26.9. The minimum absolute atomic E-state index is 0.000607. The number of fused-ring (bicyclic) bond motifs is 6. The Bertz CT molecular complexity index is 1870. The SMILES string of the molecule is Cn1c2ccccc2n2c3cnc(C(C#N)c4nc5ccccc5s4)nc3c(=O)c(C#N)c12. The highest BCUT2D eigenvalue weighted by molar-refractivity contribution is 7.18. The average Bonchev–Trinajstić information content (AvgIpc) is 3.40. The minimum Gasteiger partial charge on any atom is -0.328 e. The van der Waals surface area contributed by atoms with Gasteiger partial charge in [0, 0.05) is 7.05 Å². The molecule has 0 bridgehead atoms. The second kappa shape index (κ2) is 6.95. The van der Waals surface area contributed by atoms with Crippen LogP contribution in [-0.4, -0.2) is 23.9 Å². The molecule has 8 nitrogen and oxygen atoms in total. The van der Waals surface area contributed by atoms with Gasteiger partial charge in [-0.25, -0.2) is 15.0 Å². The number of nitrogens with zero attached hydrogens (tertiary/aromatic N) is 7. The van der Waals surface area contributed by atoms with Crippen molar-refractivity contribution in [1.29, 1.82) is 10.5 Å². The summed E-state index contributed by atoms with van der Waals surface area (Å²) in [6, 6.07) is 19.5. The topological polar surface area (TPSA) is 113 Å². The van der Waals surface area contributed by atoms with E-state index in [0.717, 1.165) is 21.3 Å². The molecular formula is C24H13N7OS. The lowest BCUT2D eigenvalue weighted by atomic mass is 10.1. The summed E-state index contributed by atoms with van der Waals surface area (Å²) < 4.78 is 4.60. The monoisotopic (exact) mass is 447 g/mol. The summed E-state index contributed by atoms with van der Waals surface area (Å²) in [5, 5.41) is 20.3. The van der Waals surface area contributed by atoms with E-state index in [1.165, 1.54) is 11.3 Å². The van der Waals surface area contributed by atoms with Crippen LogP contribution in [0.4, 0.5) is 0 Å². The van der Waals surface area contributed by atoms with E-state index in [1.807, 2.05) is 64.5 Å². The fourth-order valence-corrected chi connectivity index (χ4v) is 5.27. The van der Waals surface area contributed by atoms with Crippen molar-refractivity contribution in [1.82, 2.24) is 23.9 Å². The number of nitriles is 2. The molecular weight excluding hydrogens is 434 g/mol. The number of hydrogen-bond donors (Lipinski definition) is 0. The minimum atomic E-state index is -0.829. The van der Waals surface area contributed by atoms with Crippen molar-refractivity contribution in [2.75, 3.05) is 0 Å². The Morgan fingerprint density at radius 2 is 1.76 bits per heavy atom. The van der Waals surface area contributed by atoms with Gasteiger partial charge in [0.2, 0.25) is 5.43 Å². The molecule has 0 radical (unpaired) electrons. The van der Waals surface area contributed by atoms with E-state index in [0.29, 0.717) is 16.2 Å². The van der Waals surface area contributed by atoms with Crippen molar-refractivity contribution >= 4 is 49.3 Å². The lowest BCUT2D eigenvalue weighted by Gasteiger charge is -2.08. The van der Waals surface area contributed by atoms with Crippen LogP contribution in [0.5, 0.6) is 0 Å². The summed E-state index contributed by atoms with van der Waals surface area (Å²) in [5.41, 5.74) is 3.08. The molecule has 0 aliphatic rings. The first-order valence-electron chi connectivity index (χ1n) is 10.1. The van der Waals surface area contributed by atoms with Crippen molar-refractivity contribution < 1.29 is 0 Å². The van der Waals surface area contributed by atoms with Crippen LogP contribution in [0.2, 0.25) is 0 Å². The van der Waals surface area contributed by atoms with Crippen molar-refractivity contribution in [3.05, 3.63) is 81.3 Å². The van der Waals surface area contributed by atoms with Gasteiger partial charge in [-0.15, -0.1) is 11.3 Å². The second-order valence-electron chi connectivity index (χ2n) is 7.57. The third-order valence-corrected chi connectivity index (χ3v) is 6.87. The van der Waals surface area contributed by atoms with Crippen molar-refractivity contribution in [2.24, 2.45) is 7.05 Å². The average molecular weight is 447 g/mol. The van der Waals surface area contributed by atoms with Gasteiger partial charge in [0.25, 0.3) is 0 Å². The quantitative estimate of drug-likeness (QED) is 0.398. The molecule has 6 rings (SSSR count). The molecule has 4 heterocycles. The van der Waals surface area contributed by atoms with Crippen molar-refractivity contribution in [3.8, 4) is 12.1 Å².